The van der Waals surface area contributed by atoms with Gasteiger partial charge in [0.1, 0.15) is 0 Å². The Bertz CT molecular complexity index is 1460. The molecule has 0 saturated heterocycles. The van der Waals surface area contributed by atoms with Crippen LogP contribution in [0, 0.1) is 0 Å². The molecule has 3 aliphatic carbocycles. The summed E-state index contributed by atoms with van der Waals surface area (Å²) in [6.07, 6.45) is 18.5. The second-order valence-electron chi connectivity index (χ2n) is 10.4. The number of allylic oxidation sites excluding steroid dienone is 6. The second kappa shape index (κ2) is 9.67. The zero-order valence-corrected chi connectivity index (χ0v) is 24.5. The van der Waals surface area contributed by atoms with E-state index in [9.17, 15) is 0 Å². The van der Waals surface area contributed by atoms with Crippen LogP contribution in [0.25, 0.3) is 12.2 Å². The van der Waals surface area contributed by atoms with Gasteiger partial charge in [-0.3, -0.25) is 0 Å². The molecule has 0 bridgehead atoms. The van der Waals surface area contributed by atoms with E-state index in [1.807, 2.05) is 0 Å². The van der Waals surface area contributed by atoms with Crippen LogP contribution < -0.4 is 10.4 Å². The van der Waals surface area contributed by atoms with Gasteiger partial charge in [-0.1, -0.05) is 0 Å². The summed E-state index contributed by atoms with van der Waals surface area (Å²) in [4.78, 5) is 0. The van der Waals surface area contributed by atoms with E-state index in [4.69, 9.17) is 0 Å². The van der Waals surface area contributed by atoms with Crippen LogP contribution in [0.2, 0.25) is 0 Å². The first-order valence-electron chi connectivity index (χ1n) is 13.4. The third-order valence-electron chi connectivity index (χ3n) is 8.70. The van der Waals surface area contributed by atoms with Crippen molar-refractivity contribution < 1.29 is 19.4 Å². The third kappa shape index (κ3) is 3.73. The van der Waals surface area contributed by atoms with Crippen molar-refractivity contribution >= 4 is 28.4 Å². The summed E-state index contributed by atoms with van der Waals surface area (Å²) in [5.41, 5.74) is 5.97. The molecule has 2 unspecified atom stereocenters. The van der Waals surface area contributed by atoms with Crippen LogP contribution in [0.1, 0.15) is 35.9 Å². The summed E-state index contributed by atoms with van der Waals surface area (Å²) in [6, 6.07) is 41.7. The van der Waals surface area contributed by atoms with Crippen molar-refractivity contribution in [3.05, 3.63) is 165 Å². The minimum absolute atomic E-state index is 0.509. The molecule has 0 spiro atoms. The SMILES string of the molecule is C1=CC[C]([Zr]([CH]2C=Cc3ccccc32)([CH]2C=Cc3ccccc32)[SiH](c2ccccc2)c2ccccc2)=C1. The number of hydrogen-bond donors (Lipinski definition) is 0. The van der Waals surface area contributed by atoms with Crippen molar-refractivity contribution in [2.45, 2.75) is 13.7 Å². The normalized spacial score (nSPS) is 20.6. The minimum atomic E-state index is -3.50. The zero-order chi connectivity index (χ0) is 24.7. The maximum absolute atomic E-state index is 3.50. The van der Waals surface area contributed by atoms with Crippen molar-refractivity contribution in [3.8, 4) is 0 Å². The number of benzene rings is 4. The Morgan fingerprint density at radius 3 is 1.54 bits per heavy atom. The molecule has 0 saturated carbocycles. The van der Waals surface area contributed by atoms with Crippen LogP contribution in [0.3, 0.4) is 0 Å². The molecule has 0 heterocycles. The van der Waals surface area contributed by atoms with Crippen LogP contribution in [0.4, 0.5) is 0 Å². The topological polar surface area (TPSA) is 0 Å². The summed E-state index contributed by atoms with van der Waals surface area (Å²) in [7, 11) is 0. The first-order valence-corrected chi connectivity index (χ1v) is 23.4. The van der Waals surface area contributed by atoms with E-state index in [1.54, 1.807) is 24.8 Å². The summed E-state index contributed by atoms with van der Waals surface area (Å²) >= 11 is -3.50. The first kappa shape index (κ1) is 23.1. The predicted molar refractivity (Wildman–Crippen MR) is 158 cm³/mol. The van der Waals surface area contributed by atoms with Gasteiger partial charge in [-0.15, -0.1) is 0 Å². The van der Waals surface area contributed by atoms with Gasteiger partial charge in [0.15, 0.2) is 0 Å². The van der Waals surface area contributed by atoms with Gasteiger partial charge in [-0.2, -0.15) is 0 Å². The summed E-state index contributed by atoms with van der Waals surface area (Å²) in [5, 5.41) is 3.21. The number of hydrogen-bond acceptors (Lipinski definition) is 0. The molecule has 0 N–H and O–H groups in total. The Hall–Kier alpha value is -3.06. The third-order valence-corrected chi connectivity index (χ3v) is 41.3. The Labute approximate surface area is 225 Å². The fraction of sp³-hybridized carbons (Fsp3) is 0.0857. The Balaban J connectivity index is 1.59. The first-order chi connectivity index (χ1) is 18.4. The fourth-order valence-electron chi connectivity index (χ4n) is 7.27. The molecule has 0 fully saturated rings. The molecule has 7 rings (SSSR count). The Kier molecular flexibility index (Phi) is 6.04. The van der Waals surface area contributed by atoms with E-state index in [0.29, 0.717) is 7.25 Å². The van der Waals surface area contributed by atoms with Crippen molar-refractivity contribution in [3.63, 3.8) is 0 Å². The van der Waals surface area contributed by atoms with Gasteiger partial charge in [0.05, 0.1) is 0 Å². The van der Waals surface area contributed by atoms with Gasteiger partial charge in [-0.25, -0.2) is 0 Å². The average molecular weight is 570 g/mol. The van der Waals surface area contributed by atoms with Gasteiger partial charge >= 0.3 is 227 Å². The van der Waals surface area contributed by atoms with E-state index >= 15 is 0 Å². The Morgan fingerprint density at radius 1 is 0.568 bits per heavy atom. The predicted octanol–water partition coefficient (Wildman–Crippen LogP) is 7.06. The molecule has 0 nitrogen and oxygen atoms in total. The summed E-state index contributed by atoms with van der Waals surface area (Å²) in [6.45, 7) is 0. The molecule has 178 valence electrons. The van der Waals surface area contributed by atoms with Crippen LogP contribution in [0.5, 0.6) is 0 Å². The van der Waals surface area contributed by atoms with E-state index in [-0.39, 0.29) is 0 Å². The molecule has 4 aromatic rings. The quantitative estimate of drug-likeness (QED) is 0.218. The van der Waals surface area contributed by atoms with Crippen molar-refractivity contribution in [2.24, 2.45) is 0 Å². The number of rotatable bonds is 6. The van der Waals surface area contributed by atoms with Crippen molar-refractivity contribution in [1.29, 1.82) is 0 Å². The van der Waals surface area contributed by atoms with Crippen LogP contribution in [-0.2, 0) is 19.4 Å². The van der Waals surface area contributed by atoms with Crippen LogP contribution in [0.15, 0.2) is 143 Å². The van der Waals surface area contributed by atoms with E-state index in [0.717, 1.165) is 6.42 Å². The molecule has 0 aliphatic heterocycles. The monoisotopic (exact) mass is 568 g/mol. The number of fused-ring (bicyclic) bond motifs is 2. The van der Waals surface area contributed by atoms with Gasteiger partial charge in [0, 0.05) is 0 Å². The standard InChI is InChI=1S/C12H11Si.2C9H7.C5H5.Zr/c1-3-7-11(8-4-1)13-12-9-5-2-6-10-12;2*1-2-5-9-7-3-6-8(9)4-1;1-2-4-5-3-1;/h1-10,13H;2*1-7H;1-3H,4H2;. The summed E-state index contributed by atoms with van der Waals surface area (Å²) in [5.74, 6) is -1.68. The van der Waals surface area contributed by atoms with Crippen molar-refractivity contribution in [2.75, 3.05) is 0 Å². The van der Waals surface area contributed by atoms with Gasteiger partial charge < -0.3 is 0 Å². The fourth-order valence-corrected chi connectivity index (χ4v) is 45.7. The molecule has 2 atom stereocenters. The Morgan fingerprint density at radius 2 is 1.05 bits per heavy atom. The van der Waals surface area contributed by atoms with Gasteiger partial charge in [0.2, 0.25) is 0 Å². The molecule has 37 heavy (non-hydrogen) atoms. The van der Waals surface area contributed by atoms with Crippen molar-refractivity contribution in [1.82, 2.24) is 0 Å². The van der Waals surface area contributed by atoms with E-state index in [1.165, 1.54) is 11.1 Å². The molecule has 4 aromatic carbocycles. The van der Waals surface area contributed by atoms with Gasteiger partial charge in [0.25, 0.3) is 0 Å². The molecule has 0 radical (unpaired) electrons. The van der Waals surface area contributed by atoms with E-state index in [2.05, 4.69) is 152 Å². The summed E-state index contributed by atoms with van der Waals surface area (Å²) < 4.78 is 2.81. The van der Waals surface area contributed by atoms with Crippen LogP contribution >= 0.6 is 0 Å². The molecule has 0 aromatic heterocycles. The van der Waals surface area contributed by atoms with Crippen LogP contribution in [-0.4, -0.2) is 5.92 Å². The molecule has 0 amide bonds. The average Bonchev–Trinajstić information content (AvgIpc) is 3.74. The maximum atomic E-state index is 2.63. The molecular formula is C35H30SiZr. The zero-order valence-electron chi connectivity index (χ0n) is 20.9. The van der Waals surface area contributed by atoms with E-state index < -0.39 is 25.4 Å². The van der Waals surface area contributed by atoms with Gasteiger partial charge in [-0.05, 0) is 0 Å². The molecular weight excluding hydrogens is 540 g/mol. The molecule has 2 heteroatoms. The second-order valence-corrected chi connectivity index (χ2v) is 31.8. The molecule has 3 aliphatic rings.